The molecule has 8 nitrogen and oxygen atoms in total. The molecule has 5 N–H and O–H groups in total. The van der Waals surface area contributed by atoms with Crippen molar-refractivity contribution in [2.75, 3.05) is 12.3 Å². The molecular weight excluding hydrogens is 224 g/mol. The molecule has 0 unspecified atom stereocenters. The van der Waals surface area contributed by atoms with E-state index in [9.17, 15) is 18.0 Å². The second-order valence-electron chi connectivity index (χ2n) is 2.78. The smallest absolute Gasteiger partial charge is 0.323 e. The number of carbonyl (C=O) groups is 1. The quantitative estimate of drug-likeness (QED) is 0.466. The predicted molar refractivity (Wildman–Crippen MR) is 51.7 cm³/mol. The van der Waals surface area contributed by atoms with Gasteiger partial charge >= 0.3 is 5.69 Å². The van der Waals surface area contributed by atoms with Gasteiger partial charge in [0.1, 0.15) is 5.69 Å². The lowest BCUT2D eigenvalue weighted by Crippen LogP contribution is -2.31. The molecule has 0 saturated carbocycles. The van der Waals surface area contributed by atoms with Gasteiger partial charge in [-0.1, -0.05) is 0 Å². The molecule has 1 aromatic heterocycles. The molecular formula is C6H10N4O4S. The van der Waals surface area contributed by atoms with Gasteiger partial charge < -0.3 is 15.3 Å². The van der Waals surface area contributed by atoms with E-state index in [1.165, 1.54) is 6.20 Å². The third-order valence-electron chi connectivity index (χ3n) is 1.51. The number of primary sulfonamides is 1. The number of hydrogen-bond donors (Lipinski definition) is 4. The summed E-state index contributed by atoms with van der Waals surface area (Å²) in [5.74, 6) is -0.926. The zero-order valence-corrected chi connectivity index (χ0v) is 8.43. The first-order chi connectivity index (χ1) is 6.88. The van der Waals surface area contributed by atoms with Gasteiger partial charge in [-0.25, -0.2) is 18.4 Å². The molecule has 0 spiro atoms. The molecule has 0 aliphatic rings. The lowest BCUT2D eigenvalue weighted by Gasteiger charge is -2.01. The largest absolute Gasteiger partial charge is 0.350 e. The first-order valence-corrected chi connectivity index (χ1v) is 5.66. The zero-order chi connectivity index (χ0) is 11.5. The SMILES string of the molecule is NS(=O)(=O)CCNC(=O)c1c[nH]c(=O)[nH]1. The summed E-state index contributed by atoms with van der Waals surface area (Å²) in [5.41, 5.74) is -0.471. The third kappa shape index (κ3) is 3.95. The Balaban J connectivity index is 2.48. The van der Waals surface area contributed by atoms with Crippen molar-refractivity contribution in [3.05, 3.63) is 22.4 Å². The second kappa shape index (κ2) is 4.28. The highest BCUT2D eigenvalue weighted by Gasteiger charge is 2.08. The number of sulfonamides is 1. The summed E-state index contributed by atoms with van der Waals surface area (Å²) in [6, 6.07) is 0. The minimum Gasteiger partial charge on any atom is -0.350 e. The predicted octanol–water partition coefficient (Wildman–Crippen LogP) is -2.28. The number of hydrogen-bond acceptors (Lipinski definition) is 4. The van der Waals surface area contributed by atoms with Crippen LogP contribution in [0.5, 0.6) is 0 Å². The Labute approximate surface area is 84.9 Å². The maximum absolute atomic E-state index is 11.2. The first-order valence-electron chi connectivity index (χ1n) is 3.95. The van der Waals surface area contributed by atoms with Crippen LogP contribution in [0.15, 0.2) is 11.0 Å². The molecule has 1 heterocycles. The van der Waals surface area contributed by atoms with Crippen LogP contribution in [0.25, 0.3) is 0 Å². The van der Waals surface area contributed by atoms with Crippen molar-refractivity contribution in [3.63, 3.8) is 0 Å². The molecule has 1 amide bonds. The molecule has 0 saturated heterocycles. The second-order valence-corrected chi connectivity index (χ2v) is 4.51. The molecule has 0 fully saturated rings. The number of imidazole rings is 1. The van der Waals surface area contributed by atoms with Crippen LogP contribution >= 0.6 is 0 Å². The number of amides is 1. The highest BCUT2D eigenvalue weighted by molar-refractivity contribution is 7.89. The van der Waals surface area contributed by atoms with Gasteiger partial charge in [0.05, 0.1) is 5.75 Å². The number of nitrogens with one attached hydrogen (secondary N) is 3. The Morgan fingerprint density at radius 2 is 2.20 bits per heavy atom. The zero-order valence-electron chi connectivity index (χ0n) is 7.61. The van der Waals surface area contributed by atoms with Crippen LogP contribution in [0.3, 0.4) is 0 Å². The van der Waals surface area contributed by atoms with Crippen LogP contribution < -0.4 is 16.1 Å². The average molecular weight is 234 g/mol. The molecule has 15 heavy (non-hydrogen) atoms. The van der Waals surface area contributed by atoms with Crippen molar-refractivity contribution in [1.29, 1.82) is 0 Å². The number of H-pyrrole nitrogens is 2. The minimum atomic E-state index is -3.59. The Morgan fingerprint density at radius 1 is 1.53 bits per heavy atom. The van der Waals surface area contributed by atoms with Crippen molar-refractivity contribution in [1.82, 2.24) is 15.3 Å². The van der Waals surface area contributed by atoms with Crippen LogP contribution in [0.1, 0.15) is 10.5 Å². The summed E-state index contributed by atoms with van der Waals surface area (Å²) in [6.07, 6.45) is 1.19. The molecule has 0 aliphatic carbocycles. The van der Waals surface area contributed by atoms with E-state index in [1.54, 1.807) is 0 Å². The van der Waals surface area contributed by atoms with Gasteiger partial charge in [-0.2, -0.15) is 0 Å². The Hall–Kier alpha value is -1.61. The molecule has 9 heteroatoms. The van der Waals surface area contributed by atoms with E-state index in [-0.39, 0.29) is 18.0 Å². The van der Waals surface area contributed by atoms with E-state index >= 15 is 0 Å². The first kappa shape index (κ1) is 11.5. The summed E-state index contributed by atoms with van der Waals surface area (Å²) >= 11 is 0. The fraction of sp³-hybridized carbons (Fsp3) is 0.333. The Morgan fingerprint density at radius 3 is 2.67 bits per heavy atom. The molecule has 84 valence electrons. The van der Waals surface area contributed by atoms with Gasteiger partial charge in [0.15, 0.2) is 0 Å². The number of aromatic nitrogens is 2. The van der Waals surface area contributed by atoms with Crippen LogP contribution in [0.2, 0.25) is 0 Å². The molecule has 0 bridgehead atoms. The number of nitrogens with two attached hydrogens (primary N) is 1. The van der Waals surface area contributed by atoms with Crippen molar-refractivity contribution >= 4 is 15.9 Å². The number of aromatic amines is 2. The van der Waals surface area contributed by atoms with Crippen molar-refractivity contribution in [3.8, 4) is 0 Å². The van der Waals surface area contributed by atoms with E-state index in [0.717, 1.165) is 0 Å². The highest BCUT2D eigenvalue weighted by atomic mass is 32.2. The molecule has 0 aromatic carbocycles. The van der Waals surface area contributed by atoms with Crippen molar-refractivity contribution in [2.45, 2.75) is 0 Å². The van der Waals surface area contributed by atoms with Crippen molar-refractivity contribution < 1.29 is 13.2 Å². The Bertz CT molecular complexity index is 499. The van der Waals surface area contributed by atoms with Crippen molar-refractivity contribution in [2.24, 2.45) is 5.14 Å². The molecule has 0 radical (unpaired) electrons. The fourth-order valence-corrected chi connectivity index (χ4v) is 1.24. The summed E-state index contributed by atoms with van der Waals surface area (Å²) in [7, 11) is -3.59. The van der Waals surface area contributed by atoms with Gasteiger partial charge in [0.2, 0.25) is 10.0 Å². The average Bonchev–Trinajstić information content (AvgIpc) is 2.49. The van der Waals surface area contributed by atoms with E-state index in [0.29, 0.717) is 0 Å². The third-order valence-corrected chi connectivity index (χ3v) is 2.29. The summed E-state index contributed by atoms with van der Waals surface area (Å²) in [4.78, 5) is 26.3. The summed E-state index contributed by atoms with van der Waals surface area (Å²) < 4.78 is 21.0. The number of rotatable bonds is 4. The van der Waals surface area contributed by atoms with Gasteiger partial charge in [0, 0.05) is 12.7 Å². The normalized spacial score (nSPS) is 11.3. The van der Waals surface area contributed by atoms with Gasteiger partial charge in [-0.15, -0.1) is 0 Å². The minimum absolute atomic E-state index is 0.0365. The van der Waals surface area contributed by atoms with E-state index < -0.39 is 21.6 Å². The molecule has 1 rings (SSSR count). The van der Waals surface area contributed by atoms with Gasteiger partial charge in [-0.05, 0) is 0 Å². The van der Waals surface area contributed by atoms with Crippen LogP contribution in [0, 0.1) is 0 Å². The lowest BCUT2D eigenvalue weighted by molar-refractivity contribution is 0.0951. The van der Waals surface area contributed by atoms with Gasteiger partial charge in [0.25, 0.3) is 5.91 Å². The standard InChI is InChI=1S/C6H10N4O4S/c7-15(13,14)2-1-8-5(11)4-3-9-6(12)10-4/h3H,1-2H2,(H,8,11)(H2,7,13,14)(H2,9,10,12). The highest BCUT2D eigenvalue weighted by Crippen LogP contribution is 1.86. The fourth-order valence-electron chi connectivity index (χ4n) is 0.857. The molecule has 0 atom stereocenters. The molecule has 0 aliphatic heterocycles. The van der Waals surface area contributed by atoms with Gasteiger partial charge in [-0.3, -0.25) is 4.79 Å². The number of carbonyl (C=O) groups excluding carboxylic acids is 1. The summed E-state index contributed by atoms with van der Waals surface area (Å²) in [6.45, 7) is -0.106. The van der Waals surface area contributed by atoms with Crippen LogP contribution in [-0.2, 0) is 10.0 Å². The Kier molecular flexibility index (Phi) is 3.27. The van der Waals surface area contributed by atoms with Crippen LogP contribution in [-0.4, -0.2) is 36.6 Å². The molecule has 1 aromatic rings. The maximum Gasteiger partial charge on any atom is 0.323 e. The lowest BCUT2D eigenvalue weighted by atomic mass is 10.4. The topological polar surface area (TPSA) is 138 Å². The van der Waals surface area contributed by atoms with E-state index in [1.807, 2.05) is 0 Å². The van der Waals surface area contributed by atoms with E-state index in [4.69, 9.17) is 5.14 Å². The summed E-state index contributed by atoms with van der Waals surface area (Å²) in [5, 5.41) is 7.00. The monoisotopic (exact) mass is 234 g/mol. The maximum atomic E-state index is 11.2. The van der Waals surface area contributed by atoms with E-state index in [2.05, 4.69) is 15.3 Å². The van der Waals surface area contributed by atoms with Crippen LogP contribution in [0.4, 0.5) is 0 Å².